The molecule has 9 heteroatoms. The number of benzene rings is 2. The van der Waals surface area contributed by atoms with Gasteiger partial charge >= 0.3 is 0 Å². The van der Waals surface area contributed by atoms with Crippen molar-refractivity contribution in [2.24, 2.45) is 11.1 Å². The lowest BCUT2D eigenvalue weighted by molar-refractivity contribution is 0.190. The van der Waals surface area contributed by atoms with E-state index in [1.807, 2.05) is 24.3 Å². The fourth-order valence-corrected chi connectivity index (χ4v) is 4.01. The molecule has 1 aliphatic rings. The van der Waals surface area contributed by atoms with Gasteiger partial charge in [-0.3, -0.25) is 0 Å². The van der Waals surface area contributed by atoms with Crippen molar-refractivity contribution in [1.29, 1.82) is 0 Å². The maximum atomic E-state index is 14.1. The van der Waals surface area contributed by atoms with Crippen LogP contribution < -0.4 is 15.2 Å². The minimum atomic E-state index is -4.35. The lowest BCUT2D eigenvalue weighted by Crippen LogP contribution is -2.38. The van der Waals surface area contributed by atoms with Crippen LogP contribution in [0, 0.1) is 17.6 Å². The average molecular weight is 417 g/mol. The number of hydrogen-bond donors (Lipinski definition) is 2. The highest BCUT2D eigenvalue weighted by Gasteiger charge is 2.28. The molecule has 0 radical (unpaired) electrons. The highest BCUT2D eigenvalue weighted by molar-refractivity contribution is 7.89. The molecule has 2 aromatic rings. The number of nitrogens with two attached hydrogens (primary N) is 1. The summed E-state index contributed by atoms with van der Waals surface area (Å²) in [5, 5.41) is 8.78. The molecule has 0 unspecified atom stereocenters. The van der Waals surface area contributed by atoms with Gasteiger partial charge < -0.3 is 10.1 Å². The number of ether oxygens (including phenoxy) is 1. The van der Waals surface area contributed by atoms with E-state index in [0.29, 0.717) is 23.7 Å². The fourth-order valence-electron chi connectivity index (χ4n) is 3.28. The second-order valence-electron chi connectivity index (χ2n) is 6.48. The number of nitrogens with one attached hydrogen (secondary N) is 1. The molecule has 0 amide bonds. The van der Waals surface area contributed by atoms with Crippen LogP contribution in [-0.4, -0.2) is 28.1 Å². The normalized spacial score (nSPS) is 20.4. The predicted octanol–water partition coefficient (Wildman–Crippen LogP) is 3.04. The molecule has 0 spiro atoms. The number of rotatable bonds is 5. The third-order valence-electron chi connectivity index (χ3n) is 4.65. The summed E-state index contributed by atoms with van der Waals surface area (Å²) >= 11 is 5.94. The van der Waals surface area contributed by atoms with Gasteiger partial charge in [-0.15, -0.1) is 0 Å². The van der Waals surface area contributed by atoms with Crippen molar-refractivity contribution in [1.82, 2.24) is 5.32 Å². The molecular weight excluding hydrogens is 398 g/mol. The molecule has 2 aromatic carbocycles. The van der Waals surface area contributed by atoms with Crippen LogP contribution in [0.25, 0.3) is 0 Å². The lowest BCUT2D eigenvalue weighted by atomic mass is 9.81. The van der Waals surface area contributed by atoms with Gasteiger partial charge in [0.25, 0.3) is 0 Å². The Hall–Kier alpha value is -1.74. The van der Waals surface area contributed by atoms with Gasteiger partial charge in [0.1, 0.15) is 10.7 Å². The Labute approximate surface area is 161 Å². The Morgan fingerprint density at radius 2 is 1.89 bits per heavy atom. The van der Waals surface area contributed by atoms with Crippen molar-refractivity contribution in [2.45, 2.75) is 17.2 Å². The van der Waals surface area contributed by atoms with Crippen molar-refractivity contribution in [3.8, 4) is 5.75 Å². The average Bonchev–Trinajstić information content (AvgIpc) is 2.62. The topological polar surface area (TPSA) is 81.4 Å². The van der Waals surface area contributed by atoms with Crippen LogP contribution in [0.3, 0.4) is 0 Å². The first kappa shape index (κ1) is 20.0. The van der Waals surface area contributed by atoms with E-state index in [0.717, 1.165) is 18.5 Å². The minimum absolute atomic E-state index is 0.0281. The fraction of sp³-hybridized carbons (Fsp3) is 0.333. The smallest absolute Gasteiger partial charge is 0.241 e. The molecule has 0 aliphatic carbocycles. The molecule has 5 nitrogen and oxygen atoms in total. The largest absolute Gasteiger partial charge is 0.490 e. The number of halogens is 3. The number of sulfonamides is 1. The first-order valence-electron chi connectivity index (χ1n) is 8.36. The summed E-state index contributed by atoms with van der Waals surface area (Å²) in [5.41, 5.74) is 1.10. The number of hydrogen-bond acceptors (Lipinski definition) is 4. The van der Waals surface area contributed by atoms with Crippen LogP contribution in [0.1, 0.15) is 17.9 Å². The standard InChI is InChI=1S/C18H19ClF2N2O3S/c19-13-3-1-11(2-4-13)14-5-6-23-9-12(14)10-26-17-7-16(21)18(8-15(17)20)27(22,24)25/h1-4,7-8,12,14,23H,5-6,9-10H2,(H2,22,24,25)/t12-,14-/m1/s1. The van der Waals surface area contributed by atoms with Gasteiger partial charge in [0.2, 0.25) is 10.0 Å². The molecule has 1 fully saturated rings. The van der Waals surface area contributed by atoms with Crippen LogP contribution in [0.15, 0.2) is 41.3 Å². The monoisotopic (exact) mass is 416 g/mol. The number of primary sulfonamides is 1. The predicted molar refractivity (Wildman–Crippen MR) is 98.4 cm³/mol. The van der Waals surface area contributed by atoms with Gasteiger partial charge in [-0.25, -0.2) is 22.3 Å². The Balaban J connectivity index is 1.76. The van der Waals surface area contributed by atoms with Gasteiger partial charge in [-0.1, -0.05) is 23.7 Å². The van der Waals surface area contributed by atoms with Crippen LogP contribution >= 0.6 is 11.6 Å². The highest BCUT2D eigenvalue weighted by Crippen LogP contribution is 2.32. The second kappa shape index (κ2) is 8.10. The summed E-state index contributed by atoms with van der Waals surface area (Å²) in [6.45, 7) is 1.65. The first-order chi connectivity index (χ1) is 12.8. The highest BCUT2D eigenvalue weighted by atomic mass is 35.5. The van der Waals surface area contributed by atoms with E-state index in [9.17, 15) is 17.2 Å². The summed E-state index contributed by atoms with van der Waals surface area (Å²) in [6, 6.07) is 8.78. The van der Waals surface area contributed by atoms with Gasteiger partial charge in [-0.2, -0.15) is 0 Å². The lowest BCUT2D eigenvalue weighted by Gasteiger charge is -2.32. The summed E-state index contributed by atoms with van der Waals surface area (Å²) in [6.07, 6.45) is 0.872. The van der Waals surface area contributed by atoms with Crippen LogP contribution in [0.2, 0.25) is 5.02 Å². The minimum Gasteiger partial charge on any atom is -0.490 e. The molecule has 2 atom stereocenters. The molecule has 3 N–H and O–H groups in total. The van der Waals surface area contributed by atoms with Crippen molar-refractivity contribution in [2.75, 3.05) is 19.7 Å². The molecule has 1 aliphatic heterocycles. The van der Waals surface area contributed by atoms with Crippen molar-refractivity contribution >= 4 is 21.6 Å². The second-order valence-corrected chi connectivity index (χ2v) is 8.45. The zero-order chi connectivity index (χ0) is 19.6. The van der Waals surface area contributed by atoms with Gasteiger partial charge in [0, 0.05) is 29.6 Å². The van der Waals surface area contributed by atoms with E-state index in [2.05, 4.69) is 5.32 Å². The van der Waals surface area contributed by atoms with E-state index in [1.165, 1.54) is 0 Å². The van der Waals surface area contributed by atoms with Crippen LogP contribution in [-0.2, 0) is 10.0 Å². The van der Waals surface area contributed by atoms with E-state index >= 15 is 0 Å². The van der Waals surface area contributed by atoms with Crippen molar-refractivity contribution in [3.63, 3.8) is 0 Å². The zero-order valence-electron chi connectivity index (χ0n) is 14.3. The van der Waals surface area contributed by atoms with Crippen molar-refractivity contribution < 1.29 is 21.9 Å². The maximum Gasteiger partial charge on any atom is 0.241 e. The molecule has 3 rings (SSSR count). The molecule has 0 bridgehead atoms. The molecule has 1 saturated heterocycles. The summed E-state index contributed by atoms with van der Waals surface area (Å²) < 4.78 is 56.1. The molecule has 0 saturated carbocycles. The number of piperidine rings is 1. The van der Waals surface area contributed by atoms with Crippen LogP contribution in [0.4, 0.5) is 8.78 Å². The Morgan fingerprint density at radius 1 is 1.19 bits per heavy atom. The quantitative estimate of drug-likeness (QED) is 0.785. The van der Waals surface area contributed by atoms with E-state index < -0.39 is 26.6 Å². The van der Waals surface area contributed by atoms with Crippen LogP contribution in [0.5, 0.6) is 5.75 Å². The van der Waals surface area contributed by atoms with E-state index in [1.54, 1.807) is 0 Å². The van der Waals surface area contributed by atoms with E-state index in [-0.39, 0.29) is 24.2 Å². The third kappa shape index (κ3) is 4.76. The van der Waals surface area contributed by atoms with Gasteiger partial charge in [0.05, 0.1) is 6.61 Å². The zero-order valence-corrected chi connectivity index (χ0v) is 15.9. The van der Waals surface area contributed by atoms with Gasteiger partial charge in [0.15, 0.2) is 11.6 Å². The maximum absolute atomic E-state index is 14.1. The molecule has 146 valence electrons. The molecule has 0 aromatic heterocycles. The van der Waals surface area contributed by atoms with Gasteiger partial charge in [-0.05, 0) is 36.6 Å². The first-order valence-corrected chi connectivity index (χ1v) is 10.3. The SMILES string of the molecule is NS(=O)(=O)c1cc(F)c(OC[C@H]2CNCC[C@@H]2c2ccc(Cl)cc2)cc1F. The Kier molecular flexibility index (Phi) is 6.00. The summed E-state index contributed by atoms with van der Waals surface area (Å²) in [4.78, 5) is -0.897. The Bertz CT molecular complexity index is 923. The summed E-state index contributed by atoms with van der Waals surface area (Å²) in [7, 11) is -4.35. The third-order valence-corrected chi connectivity index (χ3v) is 5.83. The van der Waals surface area contributed by atoms with E-state index in [4.69, 9.17) is 21.5 Å². The van der Waals surface area contributed by atoms with Crippen molar-refractivity contribution in [3.05, 3.63) is 58.6 Å². The molecule has 27 heavy (non-hydrogen) atoms. The molecule has 1 heterocycles. The summed E-state index contributed by atoms with van der Waals surface area (Å²) in [5.74, 6) is -2.27. The Morgan fingerprint density at radius 3 is 2.56 bits per heavy atom. The molecular formula is C18H19ClF2N2O3S.